The van der Waals surface area contributed by atoms with Crippen molar-refractivity contribution in [1.82, 2.24) is 24.9 Å². The average Bonchev–Trinajstić information content (AvgIpc) is 3.11. The Morgan fingerprint density at radius 2 is 2.23 bits per heavy atom. The van der Waals surface area contributed by atoms with Gasteiger partial charge in [-0.3, -0.25) is 14.7 Å². The van der Waals surface area contributed by atoms with E-state index in [1.165, 1.54) is 10.7 Å². The average molecular weight is 301 g/mol. The molecule has 1 atom stereocenters. The molecular weight excluding hydrogens is 282 g/mol. The summed E-state index contributed by atoms with van der Waals surface area (Å²) in [5, 5.41) is 11.2. The lowest BCUT2D eigenvalue weighted by Crippen LogP contribution is -2.36. The number of nitrogens with zero attached hydrogens (tertiary/aromatic N) is 4. The fourth-order valence-corrected chi connectivity index (χ4v) is 2.88. The van der Waals surface area contributed by atoms with Crippen LogP contribution in [0.15, 0.2) is 23.1 Å². The number of likely N-dealkylation sites (tertiary alicyclic amines) is 1. The predicted octanol–water partition coefficient (Wildman–Crippen LogP) is 0.599. The van der Waals surface area contributed by atoms with Crippen molar-refractivity contribution in [2.45, 2.75) is 32.7 Å². The van der Waals surface area contributed by atoms with Gasteiger partial charge in [0.05, 0.1) is 11.9 Å². The molecule has 0 saturated carbocycles. The predicted molar refractivity (Wildman–Crippen MR) is 80.5 cm³/mol. The number of H-pyrrole nitrogens is 1. The van der Waals surface area contributed by atoms with Gasteiger partial charge >= 0.3 is 0 Å². The van der Waals surface area contributed by atoms with Crippen LogP contribution in [0.4, 0.5) is 0 Å². The van der Waals surface area contributed by atoms with Crippen LogP contribution in [-0.4, -0.2) is 43.9 Å². The van der Waals surface area contributed by atoms with Crippen molar-refractivity contribution in [3.8, 4) is 0 Å². The topological polar surface area (TPSA) is 83.9 Å². The van der Waals surface area contributed by atoms with Crippen LogP contribution in [0.3, 0.4) is 0 Å². The van der Waals surface area contributed by atoms with E-state index in [-0.39, 0.29) is 23.9 Å². The van der Waals surface area contributed by atoms with Crippen molar-refractivity contribution in [2.24, 2.45) is 0 Å². The summed E-state index contributed by atoms with van der Waals surface area (Å²) >= 11 is 0. The van der Waals surface area contributed by atoms with Gasteiger partial charge in [-0.2, -0.15) is 10.2 Å². The lowest BCUT2D eigenvalue weighted by atomic mass is 10.0. The van der Waals surface area contributed by atoms with E-state index in [0.29, 0.717) is 13.1 Å². The zero-order valence-electron chi connectivity index (χ0n) is 12.7. The third-order valence-electron chi connectivity index (χ3n) is 4.10. The number of aryl methyl sites for hydroxylation is 2. The van der Waals surface area contributed by atoms with E-state index in [9.17, 15) is 9.59 Å². The molecule has 1 N–H and O–H groups in total. The van der Waals surface area contributed by atoms with Gasteiger partial charge < -0.3 is 4.90 Å². The minimum atomic E-state index is -0.251. The molecule has 0 radical (unpaired) electrons. The first kappa shape index (κ1) is 14.5. The Morgan fingerprint density at radius 1 is 1.41 bits per heavy atom. The van der Waals surface area contributed by atoms with Crippen LogP contribution in [0.1, 0.15) is 29.3 Å². The van der Waals surface area contributed by atoms with E-state index in [1.54, 1.807) is 24.1 Å². The quantitative estimate of drug-likeness (QED) is 0.900. The Kier molecular flexibility index (Phi) is 3.79. The summed E-state index contributed by atoms with van der Waals surface area (Å²) in [4.78, 5) is 25.9. The Bertz CT molecular complexity index is 748. The Hall–Kier alpha value is -2.44. The van der Waals surface area contributed by atoms with Crippen LogP contribution < -0.4 is 5.56 Å². The summed E-state index contributed by atoms with van der Waals surface area (Å²) < 4.78 is 1.23. The van der Waals surface area contributed by atoms with Gasteiger partial charge in [0.1, 0.15) is 6.54 Å². The van der Waals surface area contributed by atoms with E-state index >= 15 is 0 Å². The molecule has 2 aromatic heterocycles. The molecule has 1 saturated heterocycles. The molecule has 2 aromatic rings. The zero-order chi connectivity index (χ0) is 15.7. The minimum absolute atomic E-state index is 0.00477. The van der Waals surface area contributed by atoms with Gasteiger partial charge in [-0.05, 0) is 31.9 Å². The van der Waals surface area contributed by atoms with E-state index in [4.69, 9.17) is 0 Å². The standard InChI is InChI=1S/C15H19N5O2/c1-10-7-16-17-15(10)12-5-6-19(8-12)14(22)9-20-13(21)4-3-11(2)18-20/h3-4,7,12H,5-6,8-9H2,1-2H3,(H,16,17)/t12-/m1/s1. The maximum atomic E-state index is 12.4. The lowest BCUT2D eigenvalue weighted by Gasteiger charge is -2.17. The van der Waals surface area contributed by atoms with Crippen molar-refractivity contribution in [3.63, 3.8) is 0 Å². The normalized spacial score (nSPS) is 17.9. The summed E-state index contributed by atoms with van der Waals surface area (Å²) in [5.41, 5.74) is 2.69. The van der Waals surface area contributed by atoms with Gasteiger partial charge in [0.25, 0.3) is 5.56 Å². The summed E-state index contributed by atoms with van der Waals surface area (Å²) in [7, 11) is 0. The fourth-order valence-electron chi connectivity index (χ4n) is 2.88. The summed E-state index contributed by atoms with van der Waals surface area (Å²) in [6.45, 7) is 5.16. The number of nitrogens with one attached hydrogen (secondary N) is 1. The van der Waals surface area contributed by atoms with Crippen molar-refractivity contribution in [3.05, 3.63) is 45.6 Å². The zero-order valence-corrected chi connectivity index (χ0v) is 12.7. The highest BCUT2D eigenvalue weighted by Crippen LogP contribution is 2.27. The molecule has 1 amide bonds. The molecule has 0 aliphatic carbocycles. The van der Waals surface area contributed by atoms with E-state index in [0.717, 1.165) is 23.4 Å². The maximum absolute atomic E-state index is 12.4. The van der Waals surface area contributed by atoms with Crippen molar-refractivity contribution in [2.75, 3.05) is 13.1 Å². The lowest BCUT2D eigenvalue weighted by molar-refractivity contribution is -0.131. The van der Waals surface area contributed by atoms with Crippen LogP contribution >= 0.6 is 0 Å². The number of rotatable bonds is 3. The van der Waals surface area contributed by atoms with Gasteiger partial charge in [-0.25, -0.2) is 4.68 Å². The molecule has 1 aliphatic heterocycles. The molecule has 22 heavy (non-hydrogen) atoms. The third-order valence-corrected chi connectivity index (χ3v) is 4.10. The molecule has 0 aromatic carbocycles. The molecule has 0 unspecified atom stereocenters. The smallest absolute Gasteiger partial charge is 0.267 e. The van der Waals surface area contributed by atoms with Gasteiger partial charge in [-0.15, -0.1) is 0 Å². The van der Waals surface area contributed by atoms with Crippen molar-refractivity contribution >= 4 is 5.91 Å². The van der Waals surface area contributed by atoms with Gasteiger partial charge in [-0.1, -0.05) is 0 Å². The van der Waals surface area contributed by atoms with Gasteiger partial charge in [0, 0.05) is 30.8 Å². The highest BCUT2D eigenvalue weighted by molar-refractivity contribution is 5.76. The van der Waals surface area contributed by atoms with Gasteiger partial charge in [0.15, 0.2) is 0 Å². The molecule has 7 nitrogen and oxygen atoms in total. The molecular formula is C15H19N5O2. The number of aromatic nitrogens is 4. The van der Waals surface area contributed by atoms with Crippen molar-refractivity contribution < 1.29 is 4.79 Å². The van der Waals surface area contributed by atoms with Crippen LogP contribution in [0.2, 0.25) is 0 Å². The largest absolute Gasteiger partial charge is 0.340 e. The Labute approximate surface area is 128 Å². The summed E-state index contributed by atoms with van der Waals surface area (Å²) in [6.07, 6.45) is 2.71. The van der Waals surface area contributed by atoms with E-state index in [2.05, 4.69) is 15.3 Å². The van der Waals surface area contributed by atoms with Crippen LogP contribution in [0.5, 0.6) is 0 Å². The molecule has 7 heteroatoms. The summed E-state index contributed by atoms with van der Waals surface area (Å²) in [5.74, 6) is 0.216. The van der Waals surface area contributed by atoms with E-state index < -0.39 is 0 Å². The number of aromatic amines is 1. The Morgan fingerprint density at radius 3 is 2.95 bits per heavy atom. The van der Waals surface area contributed by atoms with Crippen LogP contribution in [0.25, 0.3) is 0 Å². The first-order valence-corrected chi connectivity index (χ1v) is 7.37. The number of amides is 1. The van der Waals surface area contributed by atoms with Crippen LogP contribution in [0, 0.1) is 13.8 Å². The number of carbonyl (C=O) groups is 1. The molecule has 3 heterocycles. The number of hydrogen-bond donors (Lipinski definition) is 1. The monoisotopic (exact) mass is 301 g/mol. The second-order valence-corrected chi connectivity index (χ2v) is 5.76. The second kappa shape index (κ2) is 5.75. The van der Waals surface area contributed by atoms with Crippen LogP contribution in [-0.2, 0) is 11.3 Å². The minimum Gasteiger partial charge on any atom is -0.340 e. The highest BCUT2D eigenvalue weighted by atomic mass is 16.2. The fraction of sp³-hybridized carbons (Fsp3) is 0.467. The molecule has 3 rings (SSSR count). The maximum Gasteiger partial charge on any atom is 0.267 e. The number of carbonyl (C=O) groups excluding carboxylic acids is 1. The first-order valence-electron chi connectivity index (χ1n) is 7.37. The molecule has 116 valence electrons. The first-order chi connectivity index (χ1) is 10.5. The second-order valence-electron chi connectivity index (χ2n) is 5.76. The number of hydrogen-bond acceptors (Lipinski definition) is 4. The SMILES string of the molecule is Cc1ccc(=O)n(CC(=O)N2CC[C@@H](c3[nH]ncc3C)C2)n1. The van der Waals surface area contributed by atoms with E-state index in [1.807, 2.05) is 6.92 Å². The third kappa shape index (κ3) is 2.79. The highest BCUT2D eigenvalue weighted by Gasteiger charge is 2.29. The van der Waals surface area contributed by atoms with Crippen molar-refractivity contribution in [1.29, 1.82) is 0 Å². The van der Waals surface area contributed by atoms with Gasteiger partial charge in [0.2, 0.25) is 5.91 Å². The molecule has 1 fully saturated rings. The molecule has 0 spiro atoms. The Balaban J connectivity index is 1.68. The summed E-state index contributed by atoms with van der Waals surface area (Å²) in [6, 6.07) is 3.09. The molecule has 1 aliphatic rings. The molecule has 0 bridgehead atoms.